The van der Waals surface area contributed by atoms with Crippen LogP contribution < -0.4 is 16.0 Å². The third kappa shape index (κ3) is 3.79. The van der Waals surface area contributed by atoms with Gasteiger partial charge in [0.2, 0.25) is 0 Å². The summed E-state index contributed by atoms with van der Waals surface area (Å²) in [6.45, 7) is 6.28. The lowest BCUT2D eigenvalue weighted by molar-refractivity contribution is 0.392. The highest BCUT2D eigenvalue weighted by atomic mass is 32.1. The fourth-order valence-corrected chi connectivity index (χ4v) is 1.42. The van der Waals surface area contributed by atoms with E-state index in [1.165, 1.54) is 0 Å². The molecule has 0 spiro atoms. The van der Waals surface area contributed by atoms with Crippen LogP contribution in [-0.2, 0) is 6.54 Å². The Kier molecular flexibility index (Phi) is 5.21. The molecule has 1 heterocycles. The minimum absolute atomic E-state index is 0.666. The minimum Gasteiger partial charge on any atom is -0.366 e. The second kappa shape index (κ2) is 6.44. The van der Waals surface area contributed by atoms with Crippen molar-refractivity contribution in [3.05, 3.63) is 17.0 Å². The van der Waals surface area contributed by atoms with Gasteiger partial charge in [0.05, 0.1) is 5.69 Å². The Bertz CT molecular complexity index is 331. The standard InChI is InChI=1S/C10H18N4OS/c1-7-9(8(2)15-14-7)6-12-4-5-13-10(16)11-3/h12H,4-6H2,1-3H3,(H2,11,13,16). The first-order valence-corrected chi connectivity index (χ1v) is 5.64. The van der Waals surface area contributed by atoms with Gasteiger partial charge in [-0.15, -0.1) is 0 Å². The predicted octanol–water partition coefficient (Wildman–Crippen LogP) is 0.475. The number of aryl methyl sites for hydroxylation is 2. The first kappa shape index (κ1) is 12.9. The van der Waals surface area contributed by atoms with Crippen molar-refractivity contribution < 1.29 is 4.52 Å². The van der Waals surface area contributed by atoms with Gasteiger partial charge in [0.15, 0.2) is 5.11 Å². The highest BCUT2D eigenvalue weighted by Gasteiger charge is 2.07. The van der Waals surface area contributed by atoms with Crippen molar-refractivity contribution >= 4 is 17.3 Å². The number of thiocarbonyl (C=S) groups is 1. The van der Waals surface area contributed by atoms with Crippen LogP contribution in [0.1, 0.15) is 17.0 Å². The van der Waals surface area contributed by atoms with Crippen molar-refractivity contribution in [1.29, 1.82) is 0 Å². The number of aromatic nitrogens is 1. The van der Waals surface area contributed by atoms with Crippen molar-refractivity contribution in [2.75, 3.05) is 20.1 Å². The quantitative estimate of drug-likeness (QED) is 0.515. The largest absolute Gasteiger partial charge is 0.366 e. The van der Waals surface area contributed by atoms with Crippen LogP contribution in [0.2, 0.25) is 0 Å². The lowest BCUT2D eigenvalue weighted by Gasteiger charge is -2.07. The van der Waals surface area contributed by atoms with Gasteiger partial charge in [0.25, 0.3) is 0 Å². The molecule has 0 aromatic carbocycles. The Morgan fingerprint density at radius 3 is 2.69 bits per heavy atom. The molecule has 1 aromatic heterocycles. The maximum absolute atomic E-state index is 5.07. The van der Waals surface area contributed by atoms with E-state index < -0.39 is 0 Å². The molecule has 0 unspecified atom stereocenters. The average molecular weight is 242 g/mol. The molecule has 0 aliphatic heterocycles. The Labute approximate surface area is 101 Å². The molecule has 0 saturated carbocycles. The van der Waals surface area contributed by atoms with Gasteiger partial charge < -0.3 is 20.5 Å². The second-order valence-corrected chi connectivity index (χ2v) is 3.89. The van der Waals surface area contributed by atoms with E-state index in [0.717, 1.165) is 36.7 Å². The van der Waals surface area contributed by atoms with Crippen molar-refractivity contribution in [3.63, 3.8) is 0 Å². The van der Waals surface area contributed by atoms with Gasteiger partial charge in [0, 0.05) is 32.2 Å². The Morgan fingerprint density at radius 1 is 1.38 bits per heavy atom. The summed E-state index contributed by atoms with van der Waals surface area (Å²) in [7, 11) is 1.80. The molecule has 0 bridgehead atoms. The number of rotatable bonds is 5. The molecule has 0 radical (unpaired) electrons. The van der Waals surface area contributed by atoms with Gasteiger partial charge in [-0.25, -0.2) is 0 Å². The Morgan fingerprint density at radius 2 is 2.12 bits per heavy atom. The topological polar surface area (TPSA) is 62.1 Å². The van der Waals surface area contributed by atoms with E-state index in [1.54, 1.807) is 7.05 Å². The molecule has 0 aliphatic carbocycles. The highest BCUT2D eigenvalue weighted by molar-refractivity contribution is 7.80. The van der Waals surface area contributed by atoms with Crippen molar-refractivity contribution in [2.24, 2.45) is 0 Å². The molecule has 5 nitrogen and oxygen atoms in total. The monoisotopic (exact) mass is 242 g/mol. The predicted molar refractivity (Wildman–Crippen MR) is 67.3 cm³/mol. The van der Waals surface area contributed by atoms with Crippen molar-refractivity contribution in [1.82, 2.24) is 21.1 Å². The van der Waals surface area contributed by atoms with Crippen LogP contribution in [0.15, 0.2) is 4.52 Å². The molecule has 6 heteroatoms. The van der Waals surface area contributed by atoms with Gasteiger partial charge in [-0.1, -0.05) is 5.16 Å². The summed E-state index contributed by atoms with van der Waals surface area (Å²) >= 11 is 4.95. The smallest absolute Gasteiger partial charge is 0.166 e. The molecule has 1 aromatic rings. The summed E-state index contributed by atoms with van der Waals surface area (Å²) in [6, 6.07) is 0. The third-order valence-corrected chi connectivity index (χ3v) is 2.65. The first-order chi connectivity index (χ1) is 7.65. The van der Waals surface area contributed by atoms with Gasteiger partial charge in [0.1, 0.15) is 5.76 Å². The number of nitrogens with one attached hydrogen (secondary N) is 3. The van der Waals surface area contributed by atoms with Crippen LogP contribution in [0.3, 0.4) is 0 Å². The lowest BCUT2D eigenvalue weighted by atomic mass is 10.2. The van der Waals surface area contributed by atoms with Crippen LogP contribution in [-0.4, -0.2) is 30.4 Å². The first-order valence-electron chi connectivity index (χ1n) is 5.23. The molecule has 0 fully saturated rings. The van der Waals surface area contributed by atoms with Gasteiger partial charge in [-0.05, 0) is 26.1 Å². The Balaban J connectivity index is 2.19. The van der Waals surface area contributed by atoms with E-state index in [4.69, 9.17) is 16.7 Å². The summed E-state index contributed by atoms with van der Waals surface area (Å²) < 4.78 is 5.07. The SMILES string of the molecule is CNC(=S)NCCNCc1c(C)noc1C. The van der Waals surface area contributed by atoms with Crippen LogP contribution in [0.5, 0.6) is 0 Å². The zero-order valence-corrected chi connectivity index (χ0v) is 10.7. The van der Waals surface area contributed by atoms with E-state index in [2.05, 4.69) is 21.1 Å². The molecule has 3 N–H and O–H groups in total. The number of hydrogen-bond acceptors (Lipinski definition) is 4. The zero-order chi connectivity index (χ0) is 12.0. The van der Waals surface area contributed by atoms with Crippen LogP contribution in [0.4, 0.5) is 0 Å². The fourth-order valence-electron chi connectivity index (χ4n) is 1.32. The molecule has 0 atom stereocenters. The lowest BCUT2D eigenvalue weighted by Crippen LogP contribution is -2.37. The fraction of sp³-hybridized carbons (Fsp3) is 0.600. The summed E-state index contributed by atoms with van der Waals surface area (Å²) in [4.78, 5) is 0. The number of hydrogen-bond donors (Lipinski definition) is 3. The molecule has 0 amide bonds. The molecule has 1 rings (SSSR count). The van der Waals surface area contributed by atoms with E-state index in [0.29, 0.717) is 5.11 Å². The summed E-state index contributed by atoms with van der Waals surface area (Å²) in [5, 5.41) is 13.8. The van der Waals surface area contributed by atoms with Gasteiger partial charge >= 0.3 is 0 Å². The Hall–Kier alpha value is -1.14. The van der Waals surface area contributed by atoms with E-state index >= 15 is 0 Å². The summed E-state index contributed by atoms with van der Waals surface area (Å²) in [6.07, 6.45) is 0. The van der Waals surface area contributed by atoms with Gasteiger partial charge in [-0.3, -0.25) is 0 Å². The third-order valence-electron chi connectivity index (χ3n) is 2.30. The molecule has 0 saturated heterocycles. The maximum atomic E-state index is 5.07. The van der Waals surface area contributed by atoms with Crippen molar-refractivity contribution in [3.8, 4) is 0 Å². The minimum atomic E-state index is 0.666. The van der Waals surface area contributed by atoms with E-state index in [9.17, 15) is 0 Å². The van der Waals surface area contributed by atoms with Crippen LogP contribution >= 0.6 is 12.2 Å². The average Bonchev–Trinajstić information content (AvgIpc) is 2.59. The molecule has 0 aliphatic rings. The molecular weight excluding hydrogens is 224 g/mol. The normalized spacial score (nSPS) is 10.2. The number of nitrogens with zero attached hydrogens (tertiary/aromatic N) is 1. The van der Waals surface area contributed by atoms with E-state index in [1.807, 2.05) is 13.8 Å². The summed E-state index contributed by atoms with van der Waals surface area (Å²) in [5.74, 6) is 0.878. The molecule has 16 heavy (non-hydrogen) atoms. The second-order valence-electron chi connectivity index (χ2n) is 3.49. The van der Waals surface area contributed by atoms with Crippen molar-refractivity contribution in [2.45, 2.75) is 20.4 Å². The van der Waals surface area contributed by atoms with Crippen LogP contribution in [0, 0.1) is 13.8 Å². The summed E-state index contributed by atoms with van der Waals surface area (Å²) in [5.41, 5.74) is 2.08. The molecule has 90 valence electrons. The van der Waals surface area contributed by atoms with Gasteiger partial charge in [-0.2, -0.15) is 0 Å². The van der Waals surface area contributed by atoms with Crippen LogP contribution in [0.25, 0.3) is 0 Å². The highest BCUT2D eigenvalue weighted by Crippen LogP contribution is 2.10. The van der Waals surface area contributed by atoms with E-state index in [-0.39, 0.29) is 0 Å². The maximum Gasteiger partial charge on any atom is 0.166 e. The zero-order valence-electron chi connectivity index (χ0n) is 9.89. The molecular formula is C10H18N4OS.